The van der Waals surface area contributed by atoms with Crippen molar-refractivity contribution < 1.29 is 0 Å². The third-order valence-corrected chi connectivity index (χ3v) is 9.35. The van der Waals surface area contributed by atoms with Gasteiger partial charge in [0.2, 0.25) is 10.1 Å². The first-order valence-corrected chi connectivity index (χ1v) is 15.8. The van der Waals surface area contributed by atoms with Crippen molar-refractivity contribution in [2.24, 2.45) is 5.92 Å². The predicted octanol–water partition coefficient (Wildman–Crippen LogP) is 8.17. The lowest BCUT2D eigenvalue weighted by atomic mass is 9.87. The van der Waals surface area contributed by atoms with Gasteiger partial charge in [0.25, 0.3) is 0 Å². The summed E-state index contributed by atoms with van der Waals surface area (Å²) in [6.45, 7) is 0. The summed E-state index contributed by atoms with van der Waals surface area (Å²) in [5.74, 6) is 0.809. The minimum Gasteiger partial charge on any atom is -0.378 e. The molecule has 0 N–H and O–H groups in total. The Hall–Kier alpha value is -3.79. The minimum atomic E-state index is 0.305. The summed E-state index contributed by atoms with van der Waals surface area (Å²) in [6, 6.07) is 31.1. The fourth-order valence-corrected chi connectivity index (χ4v) is 7.01. The monoisotopic (exact) mass is 571 g/mol. The van der Waals surface area contributed by atoms with Crippen LogP contribution >= 0.6 is 0 Å². The predicted molar refractivity (Wildman–Crippen MR) is 186 cm³/mol. The van der Waals surface area contributed by atoms with Gasteiger partial charge in [0.05, 0.1) is 0 Å². The fraction of sp³-hybridized carbons (Fsp3) is 0.256. The topological polar surface area (TPSA) is 6.48 Å². The van der Waals surface area contributed by atoms with Crippen LogP contribution < -0.4 is 4.90 Å². The highest BCUT2D eigenvalue weighted by atomic mass is 32.1. The molecule has 214 valence electrons. The van der Waals surface area contributed by atoms with E-state index >= 15 is 0 Å². The van der Waals surface area contributed by atoms with Crippen LogP contribution in [0.3, 0.4) is 0 Å². The van der Waals surface area contributed by atoms with Crippen LogP contribution in [-0.4, -0.2) is 49.2 Å². The zero-order chi connectivity index (χ0) is 29.3. The van der Waals surface area contributed by atoms with E-state index in [1.165, 1.54) is 32.8 Å². The molecule has 2 unspecified atom stereocenters. The molecule has 3 aromatic rings. The second-order valence-corrected chi connectivity index (χ2v) is 13.0. The van der Waals surface area contributed by atoms with E-state index in [9.17, 15) is 0 Å². The van der Waals surface area contributed by atoms with Crippen LogP contribution in [0.4, 0.5) is 5.69 Å². The number of rotatable bonds is 9. The van der Waals surface area contributed by atoms with Gasteiger partial charge in [-0.1, -0.05) is 109 Å². The first kappa shape index (κ1) is 29.7. The summed E-state index contributed by atoms with van der Waals surface area (Å²) in [6.07, 6.45) is 23.1. The Morgan fingerprint density at radius 3 is 2.07 bits per heavy atom. The molecule has 0 spiro atoms. The number of nitrogens with zero attached hydrogens (tertiary/aromatic N) is 2. The van der Waals surface area contributed by atoms with Gasteiger partial charge in [0.1, 0.15) is 0 Å². The summed E-state index contributed by atoms with van der Waals surface area (Å²) < 4.78 is 0. The molecule has 0 saturated heterocycles. The van der Waals surface area contributed by atoms with Crippen LogP contribution in [0.1, 0.15) is 35.4 Å². The Morgan fingerprint density at radius 2 is 1.43 bits per heavy atom. The molecule has 3 heteroatoms. The molecule has 1 aliphatic carbocycles. The highest BCUT2D eigenvalue weighted by Gasteiger charge is 2.34. The van der Waals surface area contributed by atoms with Gasteiger partial charge in [0.15, 0.2) is 11.4 Å². The number of allylic oxidation sites excluding steroid dienone is 6. The lowest BCUT2D eigenvalue weighted by Gasteiger charge is -2.21. The summed E-state index contributed by atoms with van der Waals surface area (Å²) in [5.41, 5.74) is 6.46. The molecule has 1 aliphatic heterocycles. The van der Waals surface area contributed by atoms with Gasteiger partial charge in [-0.3, -0.25) is 4.90 Å². The lowest BCUT2D eigenvalue weighted by Crippen LogP contribution is -2.25. The molecule has 0 saturated carbocycles. The normalized spacial score (nSPS) is 22.7. The van der Waals surface area contributed by atoms with Crippen LogP contribution in [-0.2, 0) is 11.4 Å². The van der Waals surface area contributed by atoms with E-state index in [0.717, 1.165) is 12.8 Å². The van der Waals surface area contributed by atoms with Crippen LogP contribution in [0, 0.1) is 5.92 Å². The molecule has 2 nitrogen and oxygen atoms in total. The molecule has 3 aromatic carbocycles. The molecule has 2 atom stereocenters. The van der Waals surface area contributed by atoms with Gasteiger partial charge in [-0.2, -0.15) is 0 Å². The standard InChI is InChI=1S/C39H43N2S/c1-40(2)36-23-19-30(20-24-36)15-17-32(18-16-31-21-25-37(26-22-31)41(3)4)27-38-28-35(33-11-7-5-8-12-33)29-39(42-38)34-13-9-6-10-14-34/h5-27,30,35-36,38H,28-29H2,1-4H3/q+1. The zero-order valence-electron chi connectivity index (χ0n) is 25.3. The minimum absolute atomic E-state index is 0.305. The van der Waals surface area contributed by atoms with Crippen molar-refractivity contribution in [2.75, 3.05) is 33.1 Å². The zero-order valence-corrected chi connectivity index (χ0v) is 26.1. The Kier molecular flexibility index (Phi) is 10.2. The quantitative estimate of drug-likeness (QED) is 0.111. The van der Waals surface area contributed by atoms with Gasteiger partial charge >= 0.3 is 0 Å². The van der Waals surface area contributed by atoms with E-state index in [0.29, 0.717) is 23.1 Å². The maximum atomic E-state index is 2.49. The van der Waals surface area contributed by atoms with Crippen LogP contribution in [0.15, 0.2) is 139 Å². The Bertz CT molecular complexity index is 1460. The van der Waals surface area contributed by atoms with E-state index in [4.69, 9.17) is 0 Å². The van der Waals surface area contributed by atoms with Crippen molar-refractivity contribution in [3.8, 4) is 0 Å². The fourth-order valence-electron chi connectivity index (χ4n) is 5.52. The first-order chi connectivity index (χ1) is 20.4. The number of anilines is 1. The molecular weight excluding hydrogens is 529 g/mol. The molecular formula is C39H43N2S+. The first-order valence-electron chi connectivity index (χ1n) is 15.0. The Morgan fingerprint density at radius 1 is 0.762 bits per heavy atom. The van der Waals surface area contributed by atoms with Gasteiger partial charge < -0.3 is 4.90 Å². The van der Waals surface area contributed by atoms with Gasteiger partial charge in [-0.15, -0.1) is 0 Å². The number of hydrogen-bond acceptors (Lipinski definition) is 2. The average Bonchev–Trinajstić information content (AvgIpc) is 3.03. The van der Waals surface area contributed by atoms with Gasteiger partial charge in [-0.05, 0) is 67.1 Å². The number of benzene rings is 3. The summed E-state index contributed by atoms with van der Waals surface area (Å²) in [5, 5.41) is 0.384. The smallest absolute Gasteiger partial charge is 0.209 e. The third kappa shape index (κ3) is 8.15. The largest absolute Gasteiger partial charge is 0.378 e. The summed E-state index contributed by atoms with van der Waals surface area (Å²) in [7, 11) is 8.41. The summed E-state index contributed by atoms with van der Waals surface area (Å²) in [4.78, 5) is 5.85. The lowest BCUT2D eigenvalue weighted by molar-refractivity contribution is 0.388. The molecule has 42 heavy (non-hydrogen) atoms. The van der Waals surface area contributed by atoms with Crippen LogP contribution in [0.2, 0.25) is 0 Å². The molecule has 0 amide bonds. The Labute approximate surface area is 257 Å². The van der Waals surface area contributed by atoms with Crippen molar-refractivity contribution >= 4 is 28.0 Å². The molecule has 0 fully saturated rings. The second-order valence-electron chi connectivity index (χ2n) is 11.6. The van der Waals surface area contributed by atoms with Crippen molar-refractivity contribution in [2.45, 2.75) is 30.1 Å². The molecule has 0 radical (unpaired) electrons. The SMILES string of the molecule is CN(C)c1ccc(C=CC(C=CC2C=CC(N(C)C)C=C2)=CC2CC(c3ccccc3)CC(c3ccccc3)=[S+]2)cc1. The van der Waals surface area contributed by atoms with E-state index < -0.39 is 0 Å². The van der Waals surface area contributed by atoms with Crippen molar-refractivity contribution in [1.29, 1.82) is 0 Å². The molecule has 0 bridgehead atoms. The molecule has 0 aromatic heterocycles. The van der Waals surface area contributed by atoms with Gasteiger partial charge in [0, 0.05) is 50.1 Å². The van der Waals surface area contributed by atoms with Crippen LogP contribution in [0.25, 0.3) is 6.08 Å². The third-order valence-electron chi connectivity index (χ3n) is 8.03. The van der Waals surface area contributed by atoms with Crippen molar-refractivity contribution in [3.05, 3.63) is 156 Å². The Balaban J connectivity index is 1.46. The van der Waals surface area contributed by atoms with E-state index in [-0.39, 0.29) is 0 Å². The molecule has 1 heterocycles. The summed E-state index contributed by atoms with van der Waals surface area (Å²) >= 11 is 2.04. The van der Waals surface area contributed by atoms with Crippen LogP contribution in [0.5, 0.6) is 0 Å². The molecule has 5 rings (SSSR count). The van der Waals surface area contributed by atoms with Crippen molar-refractivity contribution in [3.63, 3.8) is 0 Å². The number of likely N-dealkylation sites (N-methyl/N-ethyl adjacent to an activating group) is 1. The second kappa shape index (κ2) is 14.4. The molecule has 2 aliphatic rings. The van der Waals surface area contributed by atoms with E-state index in [1.807, 2.05) is 11.4 Å². The van der Waals surface area contributed by atoms with E-state index in [2.05, 4.69) is 178 Å². The van der Waals surface area contributed by atoms with Crippen molar-refractivity contribution in [1.82, 2.24) is 4.90 Å². The number of hydrogen-bond donors (Lipinski definition) is 0. The highest BCUT2D eigenvalue weighted by Crippen LogP contribution is 2.32. The van der Waals surface area contributed by atoms with E-state index in [1.54, 1.807) is 0 Å². The maximum absolute atomic E-state index is 2.49. The maximum Gasteiger partial charge on any atom is 0.209 e. The highest BCUT2D eigenvalue weighted by molar-refractivity contribution is 7.80. The van der Waals surface area contributed by atoms with Gasteiger partial charge in [-0.25, -0.2) is 0 Å². The average molecular weight is 572 g/mol.